The molecule has 0 aliphatic carbocycles. The van der Waals surface area contributed by atoms with Crippen molar-refractivity contribution in [3.05, 3.63) is 55.6 Å². The van der Waals surface area contributed by atoms with E-state index in [1.807, 2.05) is 49.6 Å². The lowest BCUT2D eigenvalue weighted by Crippen LogP contribution is -2.16. The molecule has 4 aromatic rings. The zero-order valence-corrected chi connectivity index (χ0v) is 21.8. The molecule has 4 rings (SSSR count). The molecule has 160 valence electrons. The highest BCUT2D eigenvalue weighted by atomic mass is 127. The van der Waals surface area contributed by atoms with Gasteiger partial charge in [-0.2, -0.15) is 0 Å². The Balaban J connectivity index is 1.51. The first kappa shape index (κ1) is 22.3. The molecule has 0 aliphatic heterocycles. The number of furan rings is 1. The largest absolute Gasteiger partial charge is 0.453 e. The standard InChI is InChI=1S/C22H20BrIN4O2S/c1-4-28-21(18-10-14-9-15(23)5-6-17(14)30-18)26-27-22(28)31-11-19(29)25-20-12(2)7-16(24)8-13(20)3/h5-10H,4,11H2,1-3H3,(H,25,29). The van der Waals surface area contributed by atoms with Crippen molar-refractivity contribution in [2.24, 2.45) is 0 Å². The van der Waals surface area contributed by atoms with Gasteiger partial charge in [0, 0.05) is 25.7 Å². The average molecular weight is 611 g/mol. The zero-order chi connectivity index (χ0) is 22.1. The Morgan fingerprint density at radius 2 is 1.94 bits per heavy atom. The summed E-state index contributed by atoms with van der Waals surface area (Å²) < 4.78 is 10.1. The van der Waals surface area contributed by atoms with Crippen LogP contribution in [-0.2, 0) is 11.3 Å². The fourth-order valence-corrected chi connectivity index (χ4v) is 5.52. The van der Waals surface area contributed by atoms with E-state index in [1.54, 1.807) is 0 Å². The number of aryl methyl sites for hydroxylation is 2. The minimum absolute atomic E-state index is 0.0711. The molecular formula is C22H20BrIN4O2S. The van der Waals surface area contributed by atoms with Crippen LogP contribution in [0, 0.1) is 17.4 Å². The Kier molecular flexibility index (Phi) is 6.73. The van der Waals surface area contributed by atoms with E-state index in [0.717, 1.165) is 35.8 Å². The Morgan fingerprint density at radius 1 is 1.19 bits per heavy atom. The predicted molar refractivity (Wildman–Crippen MR) is 137 cm³/mol. The summed E-state index contributed by atoms with van der Waals surface area (Å²) in [5, 5.41) is 13.3. The number of benzene rings is 2. The van der Waals surface area contributed by atoms with Crippen molar-refractivity contribution in [2.45, 2.75) is 32.5 Å². The van der Waals surface area contributed by atoms with Crippen molar-refractivity contribution in [3.63, 3.8) is 0 Å². The van der Waals surface area contributed by atoms with Crippen LogP contribution in [-0.4, -0.2) is 26.4 Å². The van der Waals surface area contributed by atoms with Crippen LogP contribution in [0.5, 0.6) is 0 Å². The van der Waals surface area contributed by atoms with Gasteiger partial charge < -0.3 is 9.73 Å². The predicted octanol–water partition coefficient (Wildman–Crippen LogP) is 6.43. The van der Waals surface area contributed by atoms with E-state index in [4.69, 9.17) is 4.42 Å². The molecule has 9 heteroatoms. The fraction of sp³-hybridized carbons (Fsp3) is 0.227. The van der Waals surface area contributed by atoms with Crippen LogP contribution in [0.4, 0.5) is 5.69 Å². The van der Waals surface area contributed by atoms with Crippen LogP contribution in [0.1, 0.15) is 18.1 Å². The minimum Gasteiger partial charge on any atom is -0.453 e. The van der Waals surface area contributed by atoms with E-state index < -0.39 is 0 Å². The molecule has 0 bridgehead atoms. The van der Waals surface area contributed by atoms with Crippen molar-refractivity contribution in [1.29, 1.82) is 0 Å². The smallest absolute Gasteiger partial charge is 0.234 e. The molecule has 2 heterocycles. The number of halogens is 2. The van der Waals surface area contributed by atoms with Crippen molar-refractivity contribution in [3.8, 4) is 11.6 Å². The summed E-state index contributed by atoms with van der Waals surface area (Å²) in [6, 6.07) is 11.9. The SMILES string of the molecule is CCn1c(SCC(=O)Nc2c(C)cc(I)cc2C)nnc1-c1cc2cc(Br)ccc2o1. The highest BCUT2D eigenvalue weighted by molar-refractivity contribution is 14.1. The van der Waals surface area contributed by atoms with Gasteiger partial charge >= 0.3 is 0 Å². The molecule has 0 spiro atoms. The molecule has 2 aromatic heterocycles. The normalized spacial score (nSPS) is 11.3. The monoisotopic (exact) mass is 610 g/mol. The van der Waals surface area contributed by atoms with Crippen LogP contribution in [0.25, 0.3) is 22.6 Å². The van der Waals surface area contributed by atoms with Crippen LogP contribution in [0.3, 0.4) is 0 Å². The van der Waals surface area contributed by atoms with E-state index in [2.05, 4.69) is 66.2 Å². The van der Waals surface area contributed by atoms with E-state index >= 15 is 0 Å². The maximum absolute atomic E-state index is 12.6. The molecule has 0 radical (unpaired) electrons. The number of fused-ring (bicyclic) bond motifs is 1. The zero-order valence-electron chi connectivity index (χ0n) is 17.2. The lowest BCUT2D eigenvalue weighted by Gasteiger charge is -2.12. The quantitative estimate of drug-likeness (QED) is 0.201. The number of hydrogen-bond donors (Lipinski definition) is 1. The summed E-state index contributed by atoms with van der Waals surface area (Å²) in [4.78, 5) is 12.6. The third kappa shape index (κ3) is 4.83. The van der Waals surface area contributed by atoms with Crippen molar-refractivity contribution >= 4 is 72.8 Å². The van der Waals surface area contributed by atoms with Gasteiger partial charge in [0.25, 0.3) is 0 Å². The van der Waals surface area contributed by atoms with Crippen LogP contribution >= 0.6 is 50.3 Å². The van der Waals surface area contributed by atoms with Crippen LogP contribution in [0.15, 0.2) is 50.4 Å². The number of anilines is 1. The molecule has 1 amide bonds. The highest BCUT2D eigenvalue weighted by Gasteiger charge is 2.18. The molecule has 6 nitrogen and oxygen atoms in total. The molecular weight excluding hydrogens is 591 g/mol. The molecule has 0 unspecified atom stereocenters. The number of hydrogen-bond acceptors (Lipinski definition) is 5. The van der Waals surface area contributed by atoms with E-state index in [-0.39, 0.29) is 11.7 Å². The summed E-state index contributed by atoms with van der Waals surface area (Å²) in [5.74, 6) is 1.49. The minimum atomic E-state index is -0.0711. The molecule has 0 atom stereocenters. The van der Waals surface area contributed by atoms with Gasteiger partial charge in [0.2, 0.25) is 11.7 Å². The molecule has 2 aromatic carbocycles. The summed E-state index contributed by atoms with van der Waals surface area (Å²) >= 11 is 7.13. The van der Waals surface area contributed by atoms with Gasteiger partial charge in [0.15, 0.2) is 10.9 Å². The first-order valence-electron chi connectivity index (χ1n) is 9.67. The number of carbonyl (C=O) groups excluding carboxylic acids is 1. The summed E-state index contributed by atoms with van der Waals surface area (Å²) in [6.45, 7) is 6.70. The average Bonchev–Trinajstić information content (AvgIpc) is 3.31. The summed E-state index contributed by atoms with van der Waals surface area (Å²) in [6.07, 6.45) is 0. The maximum atomic E-state index is 12.6. The number of carbonyl (C=O) groups is 1. The Hall–Kier alpha value is -1.85. The van der Waals surface area contributed by atoms with Gasteiger partial charge in [-0.3, -0.25) is 9.36 Å². The van der Waals surface area contributed by atoms with Gasteiger partial charge in [0.05, 0.1) is 5.75 Å². The Labute approximate surface area is 206 Å². The summed E-state index contributed by atoms with van der Waals surface area (Å²) in [5.41, 5.74) is 3.77. The number of nitrogens with one attached hydrogen (secondary N) is 1. The third-order valence-corrected chi connectivity index (χ3v) is 6.91. The molecule has 0 saturated heterocycles. The van der Waals surface area contributed by atoms with Gasteiger partial charge in [-0.05, 0) is 90.9 Å². The topological polar surface area (TPSA) is 73.0 Å². The highest BCUT2D eigenvalue weighted by Crippen LogP contribution is 2.31. The van der Waals surface area contributed by atoms with Gasteiger partial charge in [-0.1, -0.05) is 27.7 Å². The molecule has 0 saturated carbocycles. The first-order chi connectivity index (χ1) is 14.9. The fourth-order valence-electron chi connectivity index (χ4n) is 3.40. The number of thioether (sulfide) groups is 1. The lowest BCUT2D eigenvalue weighted by atomic mass is 10.1. The van der Waals surface area contributed by atoms with Gasteiger partial charge in [0.1, 0.15) is 5.58 Å². The molecule has 31 heavy (non-hydrogen) atoms. The Morgan fingerprint density at radius 3 is 2.65 bits per heavy atom. The second kappa shape index (κ2) is 9.33. The van der Waals surface area contributed by atoms with Crippen molar-refractivity contribution in [1.82, 2.24) is 14.8 Å². The van der Waals surface area contributed by atoms with E-state index in [1.165, 1.54) is 11.8 Å². The first-order valence-corrected chi connectivity index (χ1v) is 12.5. The molecule has 1 N–H and O–H groups in total. The number of amides is 1. The van der Waals surface area contributed by atoms with Crippen molar-refractivity contribution in [2.75, 3.05) is 11.1 Å². The van der Waals surface area contributed by atoms with E-state index in [9.17, 15) is 4.79 Å². The van der Waals surface area contributed by atoms with Gasteiger partial charge in [-0.15, -0.1) is 10.2 Å². The number of rotatable bonds is 6. The van der Waals surface area contributed by atoms with Crippen LogP contribution < -0.4 is 5.32 Å². The second-order valence-corrected chi connectivity index (χ2v) is 10.2. The summed E-state index contributed by atoms with van der Waals surface area (Å²) in [7, 11) is 0. The number of nitrogens with zero attached hydrogens (tertiary/aromatic N) is 3. The van der Waals surface area contributed by atoms with Crippen LogP contribution in [0.2, 0.25) is 0 Å². The van der Waals surface area contributed by atoms with Gasteiger partial charge in [-0.25, -0.2) is 0 Å². The lowest BCUT2D eigenvalue weighted by molar-refractivity contribution is -0.113. The Bertz CT molecular complexity index is 1260. The molecule has 0 aliphatic rings. The van der Waals surface area contributed by atoms with E-state index in [0.29, 0.717) is 23.3 Å². The maximum Gasteiger partial charge on any atom is 0.234 e. The number of aromatic nitrogens is 3. The second-order valence-electron chi connectivity index (χ2n) is 7.09. The molecule has 0 fully saturated rings. The van der Waals surface area contributed by atoms with Crippen molar-refractivity contribution < 1.29 is 9.21 Å². The third-order valence-electron chi connectivity index (χ3n) is 4.83.